The van der Waals surface area contributed by atoms with Gasteiger partial charge < -0.3 is 55.6 Å². The van der Waals surface area contributed by atoms with Crippen LogP contribution in [-0.4, -0.2) is 61.6 Å². The van der Waals surface area contributed by atoms with Crippen molar-refractivity contribution >= 4 is 38.6 Å². The molecular formula is C58H68O16P2S. The first-order chi connectivity index (χ1) is 36.6. The summed E-state index contributed by atoms with van der Waals surface area (Å²) in [6, 6.07) is 29.0. The van der Waals surface area contributed by atoms with Gasteiger partial charge in [0.1, 0.15) is 55.8 Å². The van der Waals surface area contributed by atoms with Crippen molar-refractivity contribution in [2.45, 2.75) is 103 Å². The standard InChI is InChI=1S/C58H68O16P2S/c1-15-57(7,8)39-19-27-49(69-75(71-51-33-41(63-11)21-25-45(51)37(5)59)72-52-34-42(64-12)22-26-46(52)38(6)60)55(31-39)77(61,62)56-32-40(58(9,10)16-2)20-28-50(56)70-76(73-53-35-43(65-13)23-29-47(53)67-17-3)74-54-36-44(66-14)24-30-48(54)68-18-4/h19-36H,15-18H2,1-14H3. The third-order valence-electron chi connectivity index (χ3n) is 12.9. The van der Waals surface area contributed by atoms with E-state index in [1.165, 1.54) is 72.6 Å². The van der Waals surface area contributed by atoms with Gasteiger partial charge in [-0.3, -0.25) is 9.59 Å². The molecule has 0 N–H and O–H groups in total. The maximum atomic E-state index is 16.2. The Balaban J connectivity index is 1.61. The van der Waals surface area contributed by atoms with E-state index >= 15 is 8.42 Å². The molecule has 412 valence electrons. The number of methoxy groups -OCH3 is 4. The van der Waals surface area contributed by atoms with E-state index in [0.717, 1.165) is 0 Å². The Morgan fingerprint density at radius 3 is 1.03 bits per heavy atom. The Hall–Kier alpha value is -6.93. The van der Waals surface area contributed by atoms with Crippen LogP contribution >= 0.6 is 17.2 Å². The number of hydrogen-bond donors (Lipinski definition) is 0. The number of sulfone groups is 1. The summed E-state index contributed by atoms with van der Waals surface area (Å²) in [5.41, 5.74) is 0.579. The summed E-state index contributed by atoms with van der Waals surface area (Å²) >= 11 is 0. The number of rotatable bonds is 28. The normalized spacial score (nSPS) is 11.6. The van der Waals surface area contributed by atoms with Crippen LogP contribution in [0.2, 0.25) is 0 Å². The lowest BCUT2D eigenvalue weighted by Crippen LogP contribution is -2.18. The molecular weight excluding hydrogens is 1050 g/mol. The van der Waals surface area contributed by atoms with Crippen LogP contribution < -0.4 is 55.6 Å². The Bertz CT molecular complexity index is 3030. The van der Waals surface area contributed by atoms with Gasteiger partial charge in [0.05, 0.1) is 52.8 Å². The molecule has 0 saturated carbocycles. The van der Waals surface area contributed by atoms with Crippen LogP contribution in [0.15, 0.2) is 119 Å². The van der Waals surface area contributed by atoms with Crippen molar-refractivity contribution in [1.29, 1.82) is 0 Å². The molecule has 0 fully saturated rings. The minimum Gasteiger partial charge on any atom is -0.497 e. The van der Waals surface area contributed by atoms with E-state index < -0.39 is 37.9 Å². The van der Waals surface area contributed by atoms with Gasteiger partial charge in [0, 0.05) is 24.3 Å². The Morgan fingerprint density at radius 2 is 0.714 bits per heavy atom. The first kappa shape index (κ1) is 59.3. The molecule has 0 heterocycles. The molecule has 0 aliphatic carbocycles. The number of carbonyl (C=O) groups is 2. The molecule has 0 saturated heterocycles. The van der Waals surface area contributed by atoms with E-state index in [9.17, 15) is 9.59 Å². The van der Waals surface area contributed by atoms with E-state index in [4.69, 9.17) is 55.6 Å². The largest absolute Gasteiger partial charge is 0.530 e. The molecule has 0 aromatic heterocycles. The van der Waals surface area contributed by atoms with Crippen LogP contribution in [0.5, 0.6) is 69.0 Å². The van der Waals surface area contributed by atoms with Gasteiger partial charge in [-0.1, -0.05) is 53.7 Å². The average Bonchev–Trinajstić information content (AvgIpc) is 3.42. The molecule has 16 nitrogen and oxygen atoms in total. The number of Topliss-reactive ketones (excluding diaryl/α,β-unsaturated/α-hetero) is 2. The summed E-state index contributed by atoms with van der Waals surface area (Å²) in [7, 11) is -4.30. The highest BCUT2D eigenvalue weighted by Crippen LogP contribution is 2.53. The third-order valence-corrected chi connectivity index (χ3v) is 16.7. The van der Waals surface area contributed by atoms with Crippen LogP contribution in [0.3, 0.4) is 0 Å². The smallest absolute Gasteiger partial charge is 0.497 e. The van der Waals surface area contributed by atoms with Crippen molar-refractivity contribution in [3.63, 3.8) is 0 Å². The second kappa shape index (κ2) is 25.9. The van der Waals surface area contributed by atoms with Gasteiger partial charge >= 0.3 is 17.2 Å². The van der Waals surface area contributed by atoms with Crippen molar-refractivity contribution in [2.75, 3.05) is 41.7 Å². The summed E-state index contributed by atoms with van der Waals surface area (Å²) < 4.78 is 106. The van der Waals surface area contributed by atoms with Crippen molar-refractivity contribution in [3.05, 3.63) is 131 Å². The van der Waals surface area contributed by atoms with Crippen LogP contribution in [0.1, 0.15) is 114 Å². The molecule has 6 rings (SSSR count). The number of ether oxygens (including phenoxy) is 6. The second-order valence-electron chi connectivity index (χ2n) is 18.6. The maximum absolute atomic E-state index is 16.2. The molecule has 0 aliphatic heterocycles. The molecule has 0 unspecified atom stereocenters. The Morgan fingerprint density at radius 1 is 0.416 bits per heavy atom. The zero-order chi connectivity index (χ0) is 56.2. The zero-order valence-electron chi connectivity index (χ0n) is 46.1. The summed E-state index contributed by atoms with van der Waals surface area (Å²) in [5.74, 6) is 1.57. The monoisotopic (exact) mass is 1110 g/mol. The summed E-state index contributed by atoms with van der Waals surface area (Å²) in [6.45, 7) is 19.0. The lowest BCUT2D eigenvalue weighted by molar-refractivity contribution is 0.100. The summed E-state index contributed by atoms with van der Waals surface area (Å²) in [5, 5.41) is 0. The molecule has 0 amide bonds. The van der Waals surface area contributed by atoms with Crippen molar-refractivity contribution < 1.29 is 73.6 Å². The highest BCUT2D eigenvalue weighted by molar-refractivity contribution is 7.91. The van der Waals surface area contributed by atoms with Gasteiger partial charge in [0.15, 0.2) is 34.6 Å². The van der Waals surface area contributed by atoms with E-state index in [2.05, 4.69) is 0 Å². The van der Waals surface area contributed by atoms with Gasteiger partial charge in [-0.05, 0) is 135 Å². The lowest BCUT2D eigenvalue weighted by Gasteiger charge is -2.27. The number of hydrogen-bond acceptors (Lipinski definition) is 16. The van der Waals surface area contributed by atoms with Gasteiger partial charge in [-0.25, -0.2) is 8.42 Å². The first-order valence-corrected chi connectivity index (χ1v) is 28.5. The van der Waals surface area contributed by atoms with E-state index in [1.54, 1.807) is 78.9 Å². The molecule has 6 aromatic carbocycles. The molecule has 0 radical (unpaired) electrons. The van der Waals surface area contributed by atoms with Crippen LogP contribution in [0.25, 0.3) is 0 Å². The van der Waals surface area contributed by atoms with Crippen molar-refractivity contribution in [2.24, 2.45) is 0 Å². The Labute approximate surface area is 455 Å². The van der Waals surface area contributed by atoms with Crippen molar-refractivity contribution in [3.8, 4) is 69.0 Å². The third kappa shape index (κ3) is 14.4. The Kier molecular flexibility index (Phi) is 20.0. The molecule has 0 bridgehead atoms. The maximum Gasteiger partial charge on any atom is 0.530 e. The highest BCUT2D eigenvalue weighted by atomic mass is 32.2. The fourth-order valence-electron chi connectivity index (χ4n) is 7.46. The van der Waals surface area contributed by atoms with Crippen molar-refractivity contribution in [1.82, 2.24) is 0 Å². The SMILES string of the molecule is CCOc1ccc(OC)cc1OP(Oc1cc(OC)ccc1OCC)Oc1ccc(C(C)(C)CC)cc1S(=O)(=O)c1cc(C(C)(C)CC)ccc1OP(Oc1cc(OC)ccc1C(C)=O)Oc1cc(OC)ccc1C(C)=O. The minimum atomic E-state index is -4.77. The predicted molar refractivity (Wildman–Crippen MR) is 297 cm³/mol. The molecule has 19 heteroatoms. The fourth-order valence-corrected chi connectivity index (χ4v) is 11.2. The van der Waals surface area contributed by atoms with E-state index in [1.807, 2.05) is 55.4 Å². The first-order valence-electron chi connectivity index (χ1n) is 24.9. The van der Waals surface area contributed by atoms with Gasteiger partial charge in [0.25, 0.3) is 0 Å². The van der Waals surface area contributed by atoms with Gasteiger partial charge in [-0.15, -0.1) is 0 Å². The lowest BCUT2D eigenvalue weighted by atomic mass is 9.82. The quantitative estimate of drug-likeness (QED) is 0.0334. The topological polar surface area (TPSA) is 179 Å². The van der Waals surface area contributed by atoms with Gasteiger partial charge in [0.2, 0.25) is 9.84 Å². The number of ketones is 2. The fraction of sp³-hybridized carbons (Fsp3) is 0.345. The molecule has 0 atom stereocenters. The second-order valence-corrected chi connectivity index (χ2v) is 22.5. The van der Waals surface area contributed by atoms with E-state index in [0.29, 0.717) is 58.5 Å². The summed E-state index contributed by atoms with van der Waals surface area (Å²) in [6.07, 6.45) is 1.28. The highest BCUT2D eigenvalue weighted by Gasteiger charge is 2.36. The summed E-state index contributed by atoms with van der Waals surface area (Å²) in [4.78, 5) is 25.6. The zero-order valence-corrected chi connectivity index (χ0v) is 48.7. The van der Waals surface area contributed by atoms with Crippen LogP contribution in [-0.2, 0) is 20.7 Å². The van der Waals surface area contributed by atoms with Gasteiger partial charge in [-0.2, -0.15) is 0 Å². The predicted octanol–water partition coefficient (Wildman–Crippen LogP) is 14.7. The molecule has 6 aromatic rings. The molecule has 77 heavy (non-hydrogen) atoms. The van der Waals surface area contributed by atoms with Crippen LogP contribution in [0.4, 0.5) is 0 Å². The van der Waals surface area contributed by atoms with Crippen LogP contribution in [0, 0.1) is 0 Å². The average molecular weight is 1120 g/mol. The number of benzene rings is 6. The molecule has 0 aliphatic rings. The minimum absolute atomic E-state index is 0.00831. The molecule has 0 spiro atoms. The number of carbonyl (C=O) groups excluding carboxylic acids is 2. The van der Waals surface area contributed by atoms with E-state index in [-0.39, 0.29) is 80.2 Å².